The second-order valence-corrected chi connectivity index (χ2v) is 5.56. The summed E-state index contributed by atoms with van der Waals surface area (Å²) in [6, 6.07) is 8.27. The van der Waals surface area contributed by atoms with Gasteiger partial charge in [-0.05, 0) is 44.4 Å². The molecular formula is C17H29NO2. The van der Waals surface area contributed by atoms with Gasteiger partial charge in [0.15, 0.2) is 0 Å². The molecule has 20 heavy (non-hydrogen) atoms. The highest BCUT2D eigenvalue weighted by Crippen LogP contribution is 2.25. The van der Waals surface area contributed by atoms with Crippen LogP contribution in [-0.4, -0.2) is 32.4 Å². The van der Waals surface area contributed by atoms with Gasteiger partial charge in [-0.15, -0.1) is 0 Å². The molecule has 0 saturated carbocycles. The Morgan fingerprint density at radius 2 is 1.75 bits per heavy atom. The summed E-state index contributed by atoms with van der Waals surface area (Å²) in [6.45, 7) is 11.9. The van der Waals surface area contributed by atoms with Crippen molar-refractivity contribution in [2.24, 2.45) is 0 Å². The number of nitrogens with one attached hydrogen (secondary N) is 1. The molecule has 0 aromatic heterocycles. The van der Waals surface area contributed by atoms with Crippen LogP contribution in [-0.2, 0) is 4.74 Å². The highest BCUT2D eigenvalue weighted by atomic mass is 16.5. The van der Waals surface area contributed by atoms with Gasteiger partial charge in [0.05, 0.1) is 6.10 Å². The Morgan fingerprint density at radius 3 is 2.45 bits per heavy atom. The molecule has 3 nitrogen and oxygen atoms in total. The molecule has 0 heterocycles. The molecule has 0 saturated heterocycles. The summed E-state index contributed by atoms with van der Waals surface area (Å²) in [5.74, 6) is 1.50. The predicted molar refractivity (Wildman–Crippen MR) is 84.6 cm³/mol. The second kappa shape index (κ2) is 9.78. The first-order valence-corrected chi connectivity index (χ1v) is 7.65. The number of benzene rings is 1. The molecule has 0 aliphatic heterocycles. The normalized spacial score (nSPS) is 11.3. The van der Waals surface area contributed by atoms with E-state index in [4.69, 9.17) is 9.47 Å². The second-order valence-electron chi connectivity index (χ2n) is 5.56. The molecule has 0 amide bonds. The van der Waals surface area contributed by atoms with E-state index in [1.807, 2.05) is 12.1 Å². The van der Waals surface area contributed by atoms with Crippen LogP contribution in [0.4, 0.5) is 0 Å². The zero-order valence-corrected chi connectivity index (χ0v) is 13.3. The monoisotopic (exact) mass is 279 g/mol. The number of ether oxygens (including phenoxy) is 2. The maximum Gasteiger partial charge on any atom is 0.122 e. The molecule has 114 valence electrons. The van der Waals surface area contributed by atoms with E-state index < -0.39 is 0 Å². The highest BCUT2D eigenvalue weighted by Gasteiger charge is 2.06. The van der Waals surface area contributed by atoms with Crippen LogP contribution in [0.2, 0.25) is 0 Å². The van der Waals surface area contributed by atoms with Crippen LogP contribution >= 0.6 is 0 Å². The molecule has 0 radical (unpaired) electrons. The van der Waals surface area contributed by atoms with Gasteiger partial charge in [0, 0.05) is 13.2 Å². The Morgan fingerprint density at radius 1 is 1.00 bits per heavy atom. The number of para-hydroxylation sites is 1. The van der Waals surface area contributed by atoms with Crippen molar-refractivity contribution in [2.75, 3.05) is 26.3 Å². The Bertz CT molecular complexity index is 364. The first-order valence-electron chi connectivity index (χ1n) is 7.65. The summed E-state index contributed by atoms with van der Waals surface area (Å²) in [6.07, 6.45) is 1.37. The fourth-order valence-electron chi connectivity index (χ4n) is 1.96. The predicted octanol–water partition coefficient (Wildman–Crippen LogP) is 3.59. The van der Waals surface area contributed by atoms with E-state index in [-0.39, 0.29) is 0 Å². The van der Waals surface area contributed by atoms with Gasteiger partial charge in [-0.1, -0.05) is 32.0 Å². The van der Waals surface area contributed by atoms with Crippen molar-refractivity contribution in [3.05, 3.63) is 29.8 Å². The molecule has 1 rings (SSSR count). The zero-order chi connectivity index (χ0) is 14.8. The number of hydrogen-bond donors (Lipinski definition) is 1. The van der Waals surface area contributed by atoms with Crippen molar-refractivity contribution in [3.63, 3.8) is 0 Å². The maximum atomic E-state index is 5.85. The average molecular weight is 279 g/mol. The molecular weight excluding hydrogens is 250 g/mol. The van der Waals surface area contributed by atoms with E-state index in [2.05, 4.69) is 45.1 Å². The summed E-state index contributed by atoms with van der Waals surface area (Å²) < 4.78 is 11.3. The highest BCUT2D eigenvalue weighted by molar-refractivity contribution is 5.35. The third-order valence-electron chi connectivity index (χ3n) is 3.03. The number of hydrogen-bond acceptors (Lipinski definition) is 3. The molecule has 3 heteroatoms. The van der Waals surface area contributed by atoms with Crippen molar-refractivity contribution in [1.29, 1.82) is 0 Å². The van der Waals surface area contributed by atoms with Crippen LogP contribution < -0.4 is 10.1 Å². The van der Waals surface area contributed by atoms with Crippen molar-refractivity contribution in [3.8, 4) is 5.75 Å². The van der Waals surface area contributed by atoms with Crippen LogP contribution in [0.15, 0.2) is 24.3 Å². The lowest BCUT2D eigenvalue weighted by Crippen LogP contribution is -2.23. The lowest BCUT2D eigenvalue weighted by Gasteiger charge is -2.14. The summed E-state index contributed by atoms with van der Waals surface area (Å²) in [7, 11) is 0. The smallest absolute Gasteiger partial charge is 0.122 e. The topological polar surface area (TPSA) is 30.5 Å². The Balaban J connectivity index is 2.12. The van der Waals surface area contributed by atoms with E-state index in [9.17, 15) is 0 Å². The molecule has 0 aliphatic carbocycles. The fraction of sp³-hybridized carbons (Fsp3) is 0.647. The van der Waals surface area contributed by atoms with Gasteiger partial charge < -0.3 is 14.8 Å². The van der Waals surface area contributed by atoms with Crippen molar-refractivity contribution in [2.45, 2.75) is 46.1 Å². The van der Waals surface area contributed by atoms with Gasteiger partial charge in [0.2, 0.25) is 0 Å². The molecule has 1 N–H and O–H groups in total. The molecule has 0 unspecified atom stereocenters. The molecule has 1 aromatic carbocycles. The van der Waals surface area contributed by atoms with Crippen LogP contribution in [0.25, 0.3) is 0 Å². The maximum absolute atomic E-state index is 5.85. The fourth-order valence-corrected chi connectivity index (χ4v) is 1.96. The van der Waals surface area contributed by atoms with Crippen LogP contribution in [0.5, 0.6) is 5.75 Å². The third kappa shape index (κ3) is 6.92. The molecule has 0 atom stereocenters. The van der Waals surface area contributed by atoms with Crippen LogP contribution in [0.1, 0.15) is 45.6 Å². The third-order valence-corrected chi connectivity index (χ3v) is 3.03. The van der Waals surface area contributed by atoms with Crippen molar-refractivity contribution in [1.82, 2.24) is 5.32 Å². The standard InChI is InChI=1S/C17H29NO2/c1-14(2)16-8-5-6-9-17(16)20-13-11-18-10-7-12-19-15(3)4/h5-6,8-9,14-15,18H,7,10-13H2,1-4H3. The number of rotatable bonds is 10. The van der Waals surface area contributed by atoms with E-state index in [1.165, 1.54) is 5.56 Å². The molecule has 0 aliphatic rings. The Kier molecular flexibility index (Phi) is 8.31. The first-order chi connectivity index (χ1) is 9.61. The summed E-state index contributed by atoms with van der Waals surface area (Å²) in [4.78, 5) is 0. The molecule has 0 bridgehead atoms. The van der Waals surface area contributed by atoms with Crippen molar-refractivity contribution >= 4 is 0 Å². The van der Waals surface area contributed by atoms with E-state index in [0.717, 1.165) is 31.9 Å². The minimum atomic E-state index is 0.325. The first kappa shape index (κ1) is 17.0. The van der Waals surface area contributed by atoms with Crippen LogP contribution in [0.3, 0.4) is 0 Å². The van der Waals surface area contributed by atoms with E-state index in [0.29, 0.717) is 18.6 Å². The van der Waals surface area contributed by atoms with Gasteiger partial charge in [-0.25, -0.2) is 0 Å². The summed E-state index contributed by atoms with van der Waals surface area (Å²) in [5, 5.41) is 3.37. The van der Waals surface area contributed by atoms with Gasteiger partial charge in [-0.2, -0.15) is 0 Å². The Hall–Kier alpha value is -1.06. The zero-order valence-electron chi connectivity index (χ0n) is 13.3. The van der Waals surface area contributed by atoms with E-state index >= 15 is 0 Å². The lowest BCUT2D eigenvalue weighted by atomic mass is 10.0. The van der Waals surface area contributed by atoms with Crippen LogP contribution in [0, 0.1) is 0 Å². The minimum absolute atomic E-state index is 0.325. The van der Waals surface area contributed by atoms with Gasteiger partial charge in [0.1, 0.15) is 12.4 Å². The molecule has 0 fully saturated rings. The van der Waals surface area contributed by atoms with E-state index in [1.54, 1.807) is 0 Å². The van der Waals surface area contributed by atoms with Crippen molar-refractivity contribution < 1.29 is 9.47 Å². The molecule has 1 aromatic rings. The van der Waals surface area contributed by atoms with Gasteiger partial charge in [0.25, 0.3) is 0 Å². The Labute approximate surface area is 123 Å². The van der Waals surface area contributed by atoms with Gasteiger partial charge >= 0.3 is 0 Å². The van der Waals surface area contributed by atoms with Gasteiger partial charge in [-0.3, -0.25) is 0 Å². The quantitative estimate of drug-likeness (QED) is 0.664. The SMILES string of the molecule is CC(C)OCCCNCCOc1ccccc1C(C)C. The largest absolute Gasteiger partial charge is 0.492 e. The minimum Gasteiger partial charge on any atom is -0.492 e. The summed E-state index contributed by atoms with van der Waals surface area (Å²) in [5.41, 5.74) is 1.28. The molecule has 0 spiro atoms. The lowest BCUT2D eigenvalue weighted by molar-refractivity contribution is 0.0770. The summed E-state index contributed by atoms with van der Waals surface area (Å²) >= 11 is 0. The average Bonchev–Trinajstić information content (AvgIpc) is 2.41.